The molecule has 0 heterocycles. The fourth-order valence-electron chi connectivity index (χ4n) is 1.87. The summed E-state index contributed by atoms with van der Waals surface area (Å²) in [7, 11) is 0. The third-order valence-corrected chi connectivity index (χ3v) is 3.68. The summed E-state index contributed by atoms with van der Waals surface area (Å²) in [6.45, 7) is 5.08. The van der Waals surface area contributed by atoms with E-state index in [1.807, 2.05) is 13.8 Å². The lowest BCUT2D eigenvalue weighted by Gasteiger charge is -2.30. The molecule has 0 fully saturated rings. The van der Waals surface area contributed by atoms with E-state index in [0.29, 0.717) is 13.1 Å². The third-order valence-electron chi connectivity index (χ3n) is 3.68. The SMILES string of the molecule is CCC(CC)(CN)CNC(=O)c1ccccc1F. The predicted octanol–water partition coefficient (Wildman–Crippen LogP) is 2.32. The number of benzene rings is 1. The van der Waals surface area contributed by atoms with Crippen LogP contribution in [0.5, 0.6) is 0 Å². The highest BCUT2D eigenvalue weighted by Crippen LogP contribution is 2.23. The van der Waals surface area contributed by atoms with Crippen molar-refractivity contribution in [2.75, 3.05) is 13.1 Å². The van der Waals surface area contributed by atoms with Crippen molar-refractivity contribution in [1.29, 1.82) is 0 Å². The van der Waals surface area contributed by atoms with Gasteiger partial charge in [0.2, 0.25) is 0 Å². The van der Waals surface area contributed by atoms with Crippen LogP contribution in [0, 0.1) is 11.2 Å². The van der Waals surface area contributed by atoms with Crippen molar-refractivity contribution in [3.8, 4) is 0 Å². The van der Waals surface area contributed by atoms with Crippen molar-refractivity contribution in [2.24, 2.45) is 11.1 Å². The molecular formula is C14H21FN2O. The Morgan fingerprint density at radius 2 is 1.94 bits per heavy atom. The van der Waals surface area contributed by atoms with Gasteiger partial charge >= 0.3 is 0 Å². The molecule has 0 aliphatic carbocycles. The molecule has 0 aliphatic heterocycles. The maximum absolute atomic E-state index is 13.4. The zero-order valence-electron chi connectivity index (χ0n) is 11.0. The number of nitrogens with two attached hydrogens (primary N) is 1. The molecule has 3 nitrogen and oxygen atoms in total. The van der Waals surface area contributed by atoms with E-state index in [9.17, 15) is 9.18 Å². The number of rotatable bonds is 6. The first-order valence-corrected chi connectivity index (χ1v) is 6.31. The van der Waals surface area contributed by atoms with Crippen LogP contribution in [0.15, 0.2) is 24.3 Å². The minimum Gasteiger partial charge on any atom is -0.351 e. The minimum absolute atomic E-state index is 0.0793. The highest BCUT2D eigenvalue weighted by atomic mass is 19.1. The van der Waals surface area contributed by atoms with Crippen LogP contribution in [0.2, 0.25) is 0 Å². The van der Waals surface area contributed by atoms with Crippen molar-refractivity contribution in [3.63, 3.8) is 0 Å². The van der Waals surface area contributed by atoms with E-state index in [1.54, 1.807) is 12.1 Å². The fraction of sp³-hybridized carbons (Fsp3) is 0.500. The van der Waals surface area contributed by atoms with Crippen LogP contribution in [0.25, 0.3) is 0 Å². The lowest BCUT2D eigenvalue weighted by Crippen LogP contribution is -2.42. The number of nitrogens with one attached hydrogen (secondary N) is 1. The van der Waals surface area contributed by atoms with E-state index in [1.165, 1.54) is 12.1 Å². The normalized spacial score (nSPS) is 11.3. The first-order valence-electron chi connectivity index (χ1n) is 6.31. The molecule has 3 N–H and O–H groups in total. The smallest absolute Gasteiger partial charge is 0.254 e. The number of carbonyl (C=O) groups is 1. The molecule has 0 bridgehead atoms. The summed E-state index contributed by atoms with van der Waals surface area (Å²) in [5.41, 5.74) is 5.74. The Morgan fingerprint density at radius 3 is 2.44 bits per heavy atom. The van der Waals surface area contributed by atoms with E-state index in [2.05, 4.69) is 5.32 Å². The molecule has 100 valence electrons. The first kappa shape index (κ1) is 14.6. The summed E-state index contributed by atoms with van der Waals surface area (Å²) >= 11 is 0. The Bertz CT molecular complexity index is 394. The largest absolute Gasteiger partial charge is 0.351 e. The molecule has 0 atom stereocenters. The molecule has 0 unspecified atom stereocenters. The van der Waals surface area contributed by atoms with Gasteiger partial charge in [0.25, 0.3) is 5.91 Å². The quantitative estimate of drug-likeness (QED) is 0.816. The summed E-state index contributed by atoms with van der Waals surface area (Å²) in [6, 6.07) is 5.97. The second-order valence-corrected chi connectivity index (χ2v) is 4.57. The van der Waals surface area contributed by atoms with E-state index in [-0.39, 0.29) is 16.9 Å². The van der Waals surface area contributed by atoms with Gasteiger partial charge in [-0.15, -0.1) is 0 Å². The molecule has 0 aromatic heterocycles. The van der Waals surface area contributed by atoms with Crippen LogP contribution >= 0.6 is 0 Å². The summed E-state index contributed by atoms with van der Waals surface area (Å²) in [5.74, 6) is -0.880. The van der Waals surface area contributed by atoms with Crippen molar-refractivity contribution in [3.05, 3.63) is 35.6 Å². The summed E-state index contributed by atoms with van der Waals surface area (Å²) in [4.78, 5) is 11.9. The van der Waals surface area contributed by atoms with E-state index >= 15 is 0 Å². The van der Waals surface area contributed by atoms with Crippen molar-refractivity contribution < 1.29 is 9.18 Å². The van der Waals surface area contributed by atoms with Crippen molar-refractivity contribution in [2.45, 2.75) is 26.7 Å². The molecule has 1 rings (SSSR count). The molecule has 1 amide bonds. The average Bonchev–Trinajstić information content (AvgIpc) is 2.41. The lowest BCUT2D eigenvalue weighted by atomic mass is 9.82. The zero-order chi connectivity index (χ0) is 13.6. The predicted molar refractivity (Wildman–Crippen MR) is 70.8 cm³/mol. The van der Waals surface area contributed by atoms with Crippen LogP contribution < -0.4 is 11.1 Å². The second-order valence-electron chi connectivity index (χ2n) is 4.57. The average molecular weight is 252 g/mol. The monoisotopic (exact) mass is 252 g/mol. The first-order chi connectivity index (χ1) is 8.58. The molecule has 1 aromatic carbocycles. The highest BCUT2D eigenvalue weighted by molar-refractivity contribution is 5.94. The number of amides is 1. The molecule has 4 heteroatoms. The Morgan fingerprint density at radius 1 is 1.33 bits per heavy atom. The topological polar surface area (TPSA) is 55.1 Å². The Balaban J connectivity index is 2.69. The fourth-order valence-corrected chi connectivity index (χ4v) is 1.87. The van der Waals surface area contributed by atoms with Gasteiger partial charge in [0.05, 0.1) is 5.56 Å². The van der Waals surface area contributed by atoms with Crippen LogP contribution in [-0.2, 0) is 0 Å². The van der Waals surface area contributed by atoms with Crippen molar-refractivity contribution in [1.82, 2.24) is 5.32 Å². The van der Waals surface area contributed by atoms with Gasteiger partial charge in [-0.2, -0.15) is 0 Å². The van der Waals surface area contributed by atoms with E-state index < -0.39 is 5.82 Å². The number of hydrogen-bond acceptors (Lipinski definition) is 2. The van der Waals surface area contributed by atoms with Crippen LogP contribution in [0.1, 0.15) is 37.0 Å². The molecule has 18 heavy (non-hydrogen) atoms. The molecule has 0 saturated carbocycles. The molecule has 0 spiro atoms. The lowest BCUT2D eigenvalue weighted by molar-refractivity contribution is 0.0924. The van der Waals surface area contributed by atoms with Gasteiger partial charge in [-0.3, -0.25) is 4.79 Å². The van der Waals surface area contributed by atoms with Gasteiger partial charge in [-0.05, 0) is 36.9 Å². The van der Waals surface area contributed by atoms with Gasteiger partial charge in [-0.1, -0.05) is 26.0 Å². The third kappa shape index (κ3) is 3.29. The zero-order valence-corrected chi connectivity index (χ0v) is 11.0. The van der Waals surface area contributed by atoms with Gasteiger partial charge in [0, 0.05) is 6.54 Å². The summed E-state index contributed by atoms with van der Waals surface area (Å²) in [6.07, 6.45) is 1.77. The van der Waals surface area contributed by atoms with E-state index in [4.69, 9.17) is 5.73 Å². The van der Waals surface area contributed by atoms with Gasteiger partial charge in [0.1, 0.15) is 5.82 Å². The summed E-state index contributed by atoms with van der Waals surface area (Å²) in [5, 5.41) is 2.77. The maximum atomic E-state index is 13.4. The molecule has 0 saturated heterocycles. The minimum atomic E-state index is -0.499. The number of halogens is 1. The molecule has 1 aromatic rings. The van der Waals surface area contributed by atoms with Crippen LogP contribution in [0.3, 0.4) is 0 Å². The maximum Gasteiger partial charge on any atom is 0.254 e. The van der Waals surface area contributed by atoms with Gasteiger partial charge in [-0.25, -0.2) is 4.39 Å². The molecular weight excluding hydrogens is 231 g/mol. The standard InChI is InChI=1S/C14H21FN2O/c1-3-14(4-2,9-16)10-17-13(18)11-7-5-6-8-12(11)15/h5-8H,3-4,9-10,16H2,1-2H3,(H,17,18). The van der Waals surface area contributed by atoms with Crippen molar-refractivity contribution >= 4 is 5.91 Å². The number of hydrogen-bond donors (Lipinski definition) is 2. The molecule has 0 radical (unpaired) electrons. The van der Waals surface area contributed by atoms with Crippen LogP contribution in [0.4, 0.5) is 4.39 Å². The van der Waals surface area contributed by atoms with Crippen LogP contribution in [-0.4, -0.2) is 19.0 Å². The number of carbonyl (C=O) groups excluding carboxylic acids is 1. The molecule has 0 aliphatic rings. The second kappa shape index (κ2) is 6.50. The van der Waals surface area contributed by atoms with E-state index in [0.717, 1.165) is 12.8 Å². The Labute approximate surface area is 108 Å². The van der Waals surface area contributed by atoms with Gasteiger partial charge < -0.3 is 11.1 Å². The summed E-state index contributed by atoms with van der Waals surface area (Å²) < 4.78 is 13.4. The highest BCUT2D eigenvalue weighted by Gasteiger charge is 2.25. The Hall–Kier alpha value is -1.42. The Kier molecular flexibility index (Phi) is 5.28. The van der Waals surface area contributed by atoms with Gasteiger partial charge in [0.15, 0.2) is 0 Å².